The Morgan fingerprint density at radius 2 is 1.96 bits per heavy atom. The molecule has 0 radical (unpaired) electrons. The van der Waals surface area contributed by atoms with Crippen LogP contribution in [0.5, 0.6) is 5.75 Å². The van der Waals surface area contributed by atoms with Gasteiger partial charge in [0, 0.05) is 11.9 Å². The van der Waals surface area contributed by atoms with Crippen molar-refractivity contribution in [2.75, 3.05) is 13.4 Å². The quantitative estimate of drug-likeness (QED) is 0.521. The molecule has 0 aliphatic carbocycles. The molecule has 0 unspecified atom stereocenters. The van der Waals surface area contributed by atoms with E-state index in [9.17, 15) is 9.59 Å². The molecular weight excluding hydrogens is 364 g/mol. The fourth-order valence-corrected chi connectivity index (χ4v) is 3.15. The van der Waals surface area contributed by atoms with Gasteiger partial charge in [0.1, 0.15) is 11.6 Å². The van der Waals surface area contributed by atoms with E-state index in [0.717, 1.165) is 15.9 Å². The number of hydrogen-bond acceptors (Lipinski definition) is 5. The molecule has 0 atom stereocenters. The zero-order valence-corrected chi connectivity index (χ0v) is 16.1. The molecule has 3 rings (SSSR count). The van der Waals surface area contributed by atoms with Gasteiger partial charge in [0.2, 0.25) is 5.91 Å². The molecule has 0 aliphatic rings. The maximum absolute atomic E-state index is 12.4. The van der Waals surface area contributed by atoms with Crippen LogP contribution in [0.2, 0.25) is 0 Å². The topological polar surface area (TPSA) is 85.2 Å². The summed E-state index contributed by atoms with van der Waals surface area (Å²) < 4.78 is 7.12. The molecule has 0 saturated carbocycles. The Bertz CT molecular complexity index is 1000. The molecule has 0 fully saturated rings. The first-order valence-corrected chi connectivity index (χ1v) is 9.47. The monoisotopic (exact) mass is 384 g/mol. The highest BCUT2D eigenvalue weighted by molar-refractivity contribution is 7.98. The number of fused-ring (bicyclic) bond motifs is 1. The lowest BCUT2D eigenvalue weighted by Gasteiger charge is -2.11. The molecule has 1 aromatic heterocycles. The van der Waals surface area contributed by atoms with Gasteiger partial charge >= 0.3 is 0 Å². The van der Waals surface area contributed by atoms with Crippen LogP contribution >= 0.6 is 11.8 Å². The number of carbonyl (C=O) groups excluding carboxylic acids is 2. The average Bonchev–Trinajstić information content (AvgIpc) is 3.01. The number of benzene rings is 2. The third-order valence-corrected chi connectivity index (χ3v) is 4.89. The number of methoxy groups -OCH3 is 1. The second-order valence-electron chi connectivity index (χ2n) is 5.82. The summed E-state index contributed by atoms with van der Waals surface area (Å²) in [4.78, 5) is 30.0. The van der Waals surface area contributed by atoms with Gasteiger partial charge in [-0.3, -0.25) is 20.4 Å². The van der Waals surface area contributed by atoms with Crippen LogP contribution in [-0.4, -0.2) is 34.7 Å². The molecule has 0 saturated heterocycles. The van der Waals surface area contributed by atoms with E-state index < -0.39 is 5.91 Å². The summed E-state index contributed by atoms with van der Waals surface area (Å²) >= 11 is 1.55. The lowest BCUT2D eigenvalue weighted by atomic mass is 10.2. The zero-order chi connectivity index (χ0) is 19.4. The minimum absolute atomic E-state index is 0.0496. The Hall–Kier alpha value is -3.00. The van der Waals surface area contributed by atoms with Gasteiger partial charge in [0.15, 0.2) is 0 Å². The Balaban J connectivity index is 1.65. The number of thioether (sulfide) groups is 1. The number of ether oxygens (including phenoxy) is 1. The standard InChI is InChI=1S/C19H20N4O3S/c1-23-15-7-5-4-6-14(15)20-17(23)11-18(24)21-22-19(25)13-9-8-12(27-3)10-16(13)26-2/h4-10H,11H2,1-3H3,(H,21,24)(H,22,25). The van der Waals surface area contributed by atoms with Gasteiger partial charge in [-0.15, -0.1) is 11.8 Å². The van der Waals surface area contributed by atoms with E-state index in [2.05, 4.69) is 15.8 Å². The number of carbonyl (C=O) groups is 2. The van der Waals surface area contributed by atoms with Crippen LogP contribution in [0, 0.1) is 0 Å². The number of rotatable bonds is 5. The predicted octanol–water partition coefficient (Wildman–Crippen LogP) is 2.31. The van der Waals surface area contributed by atoms with Gasteiger partial charge in [-0.1, -0.05) is 12.1 Å². The van der Waals surface area contributed by atoms with Crippen LogP contribution in [0.3, 0.4) is 0 Å². The Morgan fingerprint density at radius 1 is 1.19 bits per heavy atom. The van der Waals surface area contributed by atoms with Crippen LogP contribution < -0.4 is 15.6 Å². The lowest BCUT2D eigenvalue weighted by molar-refractivity contribution is -0.121. The predicted molar refractivity (Wildman–Crippen MR) is 105 cm³/mol. The molecule has 140 valence electrons. The number of hydrogen-bond donors (Lipinski definition) is 2. The van der Waals surface area contributed by atoms with Crippen molar-refractivity contribution in [3.63, 3.8) is 0 Å². The molecule has 2 aromatic carbocycles. The summed E-state index contributed by atoms with van der Waals surface area (Å²) in [6, 6.07) is 12.9. The van der Waals surface area contributed by atoms with Crippen molar-refractivity contribution in [3.05, 3.63) is 53.9 Å². The van der Waals surface area contributed by atoms with Gasteiger partial charge in [-0.05, 0) is 36.6 Å². The SMILES string of the molecule is COc1cc(SC)ccc1C(=O)NNC(=O)Cc1nc2ccccc2n1C. The number of hydrazine groups is 1. The molecule has 1 heterocycles. The summed E-state index contributed by atoms with van der Waals surface area (Å²) in [6.07, 6.45) is 1.99. The van der Waals surface area contributed by atoms with E-state index >= 15 is 0 Å². The van der Waals surface area contributed by atoms with Crippen molar-refractivity contribution in [2.24, 2.45) is 7.05 Å². The minimum Gasteiger partial charge on any atom is -0.496 e. The van der Waals surface area contributed by atoms with Gasteiger partial charge in [-0.25, -0.2) is 4.98 Å². The smallest absolute Gasteiger partial charge is 0.273 e. The second-order valence-corrected chi connectivity index (χ2v) is 6.70. The molecule has 8 heteroatoms. The van der Waals surface area contributed by atoms with Crippen molar-refractivity contribution in [2.45, 2.75) is 11.3 Å². The Labute approximate surface area is 161 Å². The maximum Gasteiger partial charge on any atom is 0.273 e. The van der Waals surface area contributed by atoms with Crippen molar-refractivity contribution in [1.82, 2.24) is 20.4 Å². The Morgan fingerprint density at radius 3 is 2.67 bits per heavy atom. The van der Waals surface area contributed by atoms with Gasteiger partial charge in [-0.2, -0.15) is 0 Å². The van der Waals surface area contributed by atoms with Crippen molar-refractivity contribution >= 4 is 34.6 Å². The van der Waals surface area contributed by atoms with Crippen LogP contribution in [0.4, 0.5) is 0 Å². The molecule has 0 aliphatic heterocycles. The largest absolute Gasteiger partial charge is 0.496 e. The number of aryl methyl sites for hydroxylation is 1. The normalized spacial score (nSPS) is 10.6. The van der Waals surface area contributed by atoms with E-state index in [4.69, 9.17) is 4.74 Å². The summed E-state index contributed by atoms with van der Waals surface area (Å²) in [7, 11) is 3.36. The first kappa shape index (κ1) is 18.8. The number of amides is 2. The van der Waals surface area contributed by atoms with Crippen LogP contribution in [0.15, 0.2) is 47.4 Å². The number of para-hydroxylation sites is 2. The molecule has 2 amide bonds. The fraction of sp³-hybridized carbons (Fsp3) is 0.211. The molecule has 3 aromatic rings. The minimum atomic E-state index is -0.446. The highest BCUT2D eigenvalue weighted by Gasteiger charge is 2.15. The highest BCUT2D eigenvalue weighted by atomic mass is 32.2. The van der Waals surface area contributed by atoms with Crippen LogP contribution in [0.25, 0.3) is 11.0 Å². The van der Waals surface area contributed by atoms with E-state index in [1.165, 1.54) is 7.11 Å². The molecule has 27 heavy (non-hydrogen) atoms. The first-order valence-electron chi connectivity index (χ1n) is 8.25. The molecule has 2 N–H and O–H groups in total. The Kier molecular flexibility index (Phi) is 5.66. The first-order chi connectivity index (χ1) is 13.0. The third-order valence-electron chi connectivity index (χ3n) is 4.17. The van der Waals surface area contributed by atoms with E-state index in [0.29, 0.717) is 17.1 Å². The molecule has 0 spiro atoms. The third kappa shape index (κ3) is 4.06. The highest BCUT2D eigenvalue weighted by Crippen LogP contribution is 2.25. The maximum atomic E-state index is 12.4. The molecule has 0 bridgehead atoms. The number of nitrogens with zero attached hydrogens (tertiary/aromatic N) is 2. The summed E-state index contributed by atoms with van der Waals surface area (Å²) in [5, 5.41) is 0. The van der Waals surface area contributed by atoms with Crippen molar-refractivity contribution < 1.29 is 14.3 Å². The summed E-state index contributed by atoms with van der Waals surface area (Å²) in [6.45, 7) is 0. The van der Waals surface area contributed by atoms with E-state index in [1.54, 1.807) is 23.9 Å². The summed E-state index contributed by atoms with van der Waals surface area (Å²) in [5.74, 6) is 0.258. The van der Waals surface area contributed by atoms with E-state index in [1.807, 2.05) is 48.2 Å². The van der Waals surface area contributed by atoms with Gasteiger partial charge in [0.05, 0.1) is 30.1 Å². The van der Waals surface area contributed by atoms with Crippen molar-refractivity contribution in [1.29, 1.82) is 0 Å². The summed E-state index contributed by atoms with van der Waals surface area (Å²) in [5.41, 5.74) is 6.97. The number of nitrogens with one attached hydrogen (secondary N) is 2. The molecule has 7 nitrogen and oxygen atoms in total. The average molecular weight is 384 g/mol. The molecular formula is C19H20N4O3S. The number of aromatic nitrogens is 2. The zero-order valence-electron chi connectivity index (χ0n) is 15.3. The van der Waals surface area contributed by atoms with Gasteiger partial charge < -0.3 is 9.30 Å². The van der Waals surface area contributed by atoms with Crippen LogP contribution in [-0.2, 0) is 18.3 Å². The van der Waals surface area contributed by atoms with E-state index in [-0.39, 0.29) is 12.3 Å². The fourth-order valence-electron chi connectivity index (χ4n) is 2.72. The van der Waals surface area contributed by atoms with Gasteiger partial charge in [0.25, 0.3) is 5.91 Å². The number of imidazole rings is 1. The van der Waals surface area contributed by atoms with Crippen LogP contribution in [0.1, 0.15) is 16.2 Å². The lowest BCUT2D eigenvalue weighted by Crippen LogP contribution is -2.42. The second kappa shape index (κ2) is 8.13. The van der Waals surface area contributed by atoms with Crippen molar-refractivity contribution in [3.8, 4) is 5.75 Å².